The fraction of sp³-hybridized carbons (Fsp3) is 0.500. The maximum absolute atomic E-state index is 11.1. The zero-order valence-corrected chi connectivity index (χ0v) is 10.2. The van der Waals surface area contributed by atoms with E-state index in [9.17, 15) is 10.1 Å². The molecule has 0 radical (unpaired) electrons. The molecule has 1 aromatic rings. The maximum Gasteiger partial charge on any atom is 0.278 e. The van der Waals surface area contributed by atoms with Gasteiger partial charge in [-0.1, -0.05) is 19.8 Å². The van der Waals surface area contributed by atoms with Gasteiger partial charge in [0.25, 0.3) is 5.69 Å². The van der Waals surface area contributed by atoms with Crippen LogP contribution in [0.4, 0.5) is 5.69 Å². The summed E-state index contributed by atoms with van der Waals surface area (Å²) in [5.41, 5.74) is 6.53. The minimum atomic E-state index is -0.427. The molecule has 0 unspecified atom stereocenters. The van der Waals surface area contributed by atoms with Crippen LogP contribution < -0.4 is 15.2 Å². The molecule has 98 valence electrons. The van der Waals surface area contributed by atoms with Gasteiger partial charge in [0.15, 0.2) is 11.5 Å². The van der Waals surface area contributed by atoms with Crippen molar-refractivity contribution in [2.45, 2.75) is 32.2 Å². The molecule has 18 heavy (non-hydrogen) atoms. The Balaban J connectivity index is 2.35. The SMILES string of the molecule is CCCC[C@H](N)c1cc2c(cc1[N+](=O)[O-])OCO2. The number of hydrogen-bond acceptors (Lipinski definition) is 5. The van der Waals surface area contributed by atoms with Crippen LogP contribution in [-0.2, 0) is 0 Å². The number of unbranched alkanes of at least 4 members (excludes halogenated alkanes) is 1. The van der Waals surface area contributed by atoms with Crippen LogP contribution >= 0.6 is 0 Å². The Hall–Kier alpha value is -1.82. The molecule has 1 heterocycles. The number of benzene rings is 1. The summed E-state index contributed by atoms with van der Waals surface area (Å²) in [6.07, 6.45) is 2.66. The number of hydrogen-bond donors (Lipinski definition) is 1. The highest BCUT2D eigenvalue weighted by atomic mass is 16.7. The molecule has 2 rings (SSSR count). The first kappa shape index (κ1) is 12.6. The highest BCUT2D eigenvalue weighted by Gasteiger charge is 2.26. The third kappa shape index (κ3) is 2.38. The van der Waals surface area contributed by atoms with Gasteiger partial charge in [-0.15, -0.1) is 0 Å². The molecule has 2 N–H and O–H groups in total. The van der Waals surface area contributed by atoms with Crippen LogP contribution in [0.15, 0.2) is 12.1 Å². The van der Waals surface area contributed by atoms with Crippen LogP contribution in [0.1, 0.15) is 37.8 Å². The van der Waals surface area contributed by atoms with Crippen molar-refractivity contribution in [3.8, 4) is 11.5 Å². The molecule has 1 aromatic carbocycles. The fourth-order valence-electron chi connectivity index (χ4n) is 1.98. The van der Waals surface area contributed by atoms with Crippen molar-refractivity contribution in [1.29, 1.82) is 0 Å². The minimum absolute atomic E-state index is 0.00264. The van der Waals surface area contributed by atoms with Gasteiger partial charge in [-0.05, 0) is 12.5 Å². The Morgan fingerprint density at radius 2 is 2.11 bits per heavy atom. The molecule has 0 saturated heterocycles. The number of rotatable bonds is 5. The van der Waals surface area contributed by atoms with E-state index in [0.717, 1.165) is 19.3 Å². The predicted octanol–water partition coefficient (Wildman–Crippen LogP) is 2.51. The van der Waals surface area contributed by atoms with E-state index < -0.39 is 4.92 Å². The van der Waals surface area contributed by atoms with Crippen molar-refractivity contribution in [1.82, 2.24) is 0 Å². The summed E-state index contributed by atoms with van der Waals surface area (Å²) in [6, 6.07) is 2.67. The predicted molar refractivity (Wildman–Crippen MR) is 65.7 cm³/mol. The monoisotopic (exact) mass is 252 g/mol. The summed E-state index contributed by atoms with van der Waals surface area (Å²) in [5.74, 6) is 0.940. The van der Waals surface area contributed by atoms with Crippen LogP contribution in [0.2, 0.25) is 0 Å². The van der Waals surface area contributed by atoms with Crippen LogP contribution in [-0.4, -0.2) is 11.7 Å². The highest BCUT2D eigenvalue weighted by molar-refractivity contribution is 5.56. The summed E-state index contributed by atoms with van der Waals surface area (Å²) in [4.78, 5) is 10.6. The Morgan fingerprint density at radius 3 is 2.72 bits per heavy atom. The summed E-state index contributed by atoms with van der Waals surface area (Å²) < 4.78 is 10.4. The second kappa shape index (κ2) is 5.22. The standard InChI is InChI=1S/C12H16N2O4/c1-2-3-4-9(13)8-5-11-12(18-7-17-11)6-10(8)14(15)16/h5-6,9H,2-4,7,13H2,1H3/t9-/m0/s1. The first-order chi connectivity index (χ1) is 8.63. The van der Waals surface area contributed by atoms with Gasteiger partial charge in [0, 0.05) is 6.04 Å². The lowest BCUT2D eigenvalue weighted by molar-refractivity contribution is -0.385. The normalized spacial score (nSPS) is 14.6. The van der Waals surface area contributed by atoms with Gasteiger partial charge in [-0.2, -0.15) is 0 Å². The molecule has 1 aliphatic rings. The minimum Gasteiger partial charge on any atom is -0.454 e. The molecule has 0 amide bonds. The molecule has 0 spiro atoms. The molecule has 0 aromatic heterocycles. The van der Waals surface area contributed by atoms with E-state index in [1.807, 2.05) is 0 Å². The van der Waals surface area contributed by atoms with Crippen LogP contribution in [0.25, 0.3) is 0 Å². The van der Waals surface area contributed by atoms with E-state index in [1.165, 1.54) is 6.07 Å². The number of nitrogens with zero attached hydrogens (tertiary/aromatic N) is 1. The van der Waals surface area contributed by atoms with Crippen LogP contribution in [0.5, 0.6) is 11.5 Å². The molecule has 0 bridgehead atoms. The average Bonchev–Trinajstić information content (AvgIpc) is 2.81. The van der Waals surface area contributed by atoms with Crippen LogP contribution in [0.3, 0.4) is 0 Å². The number of nitro benzene ring substituents is 1. The molecule has 1 aliphatic heterocycles. The number of nitrogens with two attached hydrogens (primary N) is 1. The molecular weight excluding hydrogens is 236 g/mol. The van der Waals surface area contributed by atoms with Gasteiger partial charge in [0.05, 0.1) is 16.6 Å². The second-order valence-electron chi connectivity index (χ2n) is 4.27. The Morgan fingerprint density at radius 1 is 1.44 bits per heavy atom. The van der Waals surface area contributed by atoms with Crippen molar-refractivity contribution in [3.05, 3.63) is 27.8 Å². The Bertz CT molecular complexity index is 462. The average molecular weight is 252 g/mol. The Kier molecular flexibility index (Phi) is 3.66. The molecule has 0 aliphatic carbocycles. The molecule has 0 fully saturated rings. The molecule has 6 heteroatoms. The quantitative estimate of drug-likeness (QED) is 0.642. The van der Waals surface area contributed by atoms with E-state index in [2.05, 4.69) is 6.92 Å². The summed E-state index contributed by atoms with van der Waals surface area (Å²) in [7, 11) is 0. The van der Waals surface area contributed by atoms with E-state index in [0.29, 0.717) is 17.1 Å². The van der Waals surface area contributed by atoms with Gasteiger partial charge in [-0.25, -0.2) is 0 Å². The zero-order valence-electron chi connectivity index (χ0n) is 10.2. The smallest absolute Gasteiger partial charge is 0.278 e. The van der Waals surface area contributed by atoms with E-state index in [-0.39, 0.29) is 18.5 Å². The lowest BCUT2D eigenvalue weighted by Gasteiger charge is -2.12. The maximum atomic E-state index is 11.1. The van der Waals surface area contributed by atoms with Crippen LogP contribution in [0, 0.1) is 10.1 Å². The van der Waals surface area contributed by atoms with E-state index in [1.54, 1.807) is 6.07 Å². The number of nitro groups is 1. The summed E-state index contributed by atoms with van der Waals surface area (Å²) in [6.45, 7) is 2.15. The van der Waals surface area contributed by atoms with E-state index in [4.69, 9.17) is 15.2 Å². The zero-order chi connectivity index (χ0) is 13.1. The van der Waals surface area contributed by atoms with Crippen molar-refractivity contribution in [2.75, 3.05) is 6.79 Å². The number of fused-ring (bicyclic) bond motifs is 1. The second-order valence-corrected chi connectivity index (χ2v) is 4.27. The van der Waals surface area contributed by atoms with E-state index >= 15 is 0 Å². The van der Waals surface area contributed by atoms with Crippen molar-refractivity contribution in [3.63, 3.8) is 0 Å². The molecule has 0 saturated carbocycles. The van der Waals surface area contributed by atoms with Gasteiger partial charge < -0.3 is 15.2 Å². The molecular formula is C12H16N2O4. The molecule has 1 atom stereocenters. The third-order valence-electron chi connectivity index (χ3n) is 2.99. The first-order valence-corrected chi connectivity index (χ1v) is 5.97. The lowest BCUT2D eigenvalue weighted by atomic mass is 9.99. The van der Waals surface area contributed by atoms with Gasteiger partial charge >= 0.3 is 0 Å². The van der Waals surface area contributed by atoms with Gasteiger partial charge in [0.2, 0.25) is 6.79 Å². The van der Waals surface area contributed by atoms with Gasteiger partial charge in [0.1, 0.15) is 0 Å². The van der Waals surface area contributed by atoms with Gasteiger partial charge in [-0.3, -0.25) is 10.1 Å². The summed E-state index contributed by atoms with van der Waals surface area (Å²) >= 11 is 0. The lowest BCUT2D eigenvalue weighted by Crippen LogP contribution is -2.12. The first-order valence-electron chi connectivity index (χ1n) is 5.97. The van der Waals surface area contributed by atoms with Crippen molar-refractivity contribution < 1.29 is 14.4 Å². The third-order valence-corrected chi connectivity index (χ3v) is 2.99. The largest absolute Gasteiger partial charge is 0.454 e. The summed E-state index contributed by atoms with van der Waals surface area (Å²) in [5, 5.41) is 11.1. The highest BCUT2D eigenvalue weighted by Crippen LogP contribution is 2.40. The fourth-order valence-corrected chi connectivity index (χ4v) is 1.98. The van der Waals surface area contributed by atoms with Crippen molar-refractivity contribution >= 4 is 5.69 Å². The molecule has 6 nitrogen and oxygen atoms in total. The topological polar surface area (TPSA) is 87.6 Å². The number of ether oxygens (including phenoxy) is 2. The van der Waals surface area contributed by atoms with Crippen molar-refractivity contribution in [2.24, 2.45) is 5.73 Å². The Labute approximate surface area is 105 Å².